The number of anilines is 1. The lowest BCUT2D eigenvalue weighted by molar-refractivity contribution is 0.0527. The minimum Gasteiger partial charge on any atom is -0.490 e. The van der Waals surface area contributed by atoms with E-state index in [1.807, 2.05) is 32.9 Å². The molecule has 27 heavy (non-hydrogen) atoms. The molecule has 7 heteroatoms. The molecule has 3 aromatic rings. The first-order valence-electron chi connectivity index (χ1n) is 8.70. The van der Waals surface area contributed by atoms with Gasteiger partial charge in [-0.15, -0.1) is 11.3 Å². The van der Waals surface area contributed by atoms with Crippen LogP contribution < -0.4 is 10.1 Å². The molecule has 142 valence electrons. The van der Waals surface area contributed by atoms with Gasteiger partial charge in [-0.1, -0.05) is 12.1 Å². The Balaban J connectivity index is 1.92. The Kier molecular flexibility index (Phi) is 5.51. The minimum absolute atomic E-state index is 0.149. The number of aryl methyl sites for hydroxylation is 1. The number of rotatable bonds is 6. The zero-order valence-electron chi connectivity index (χ0n) is 15.7. The molecule has 1 amide bonds. The molecule has 0 unspecified atom stereocenters. The highest BCUT2D eigenvalue weighted by Crippen LogP contribution is 2.34. The number of furan rings is 1. The fraction of sp³-hybridized carbons (Fsp3) is 0.300. The van der Waals surface area contributed by atoms with Crippen molar-refractivity contribution < 1.29 is 23.5 Å². The molecule has 2 aromatic heterocycles. The van der Waals surface area contributed by atoms with E-state index in [0.29, 0.717) is 28.5 Å². The molecule has 2 heterocycles. The van der Waals surface area contributed by atoms with Gasteiger partial charge < -0.3 is 19.2 Å². The van der Waals surface area contributed by atoms with Crippen molar-refractivity contribution in [3.63, 3.8) is 0 Å². The fourth-order valence-electron chi connectivity index (χ4n) is 2.75. The summed E-state index contributed by atoms with van der Waals surface area (Å²) in [6.45, 7) is 8.13. The molecule has 0 atom stereocenters. The topological polar surface area (TPSA) is 77.8 Å². The van der Waals surface area contributed by atoms with Crippen LogP contribution in [0.5, 0.6) is 5.75 Å². The lowest BCUT2D eigenvalue weighted by Crippen LogP contribution is -2.14. The smallest absolute Gasteiger partial charge is 0.341 e. The highest BCUT2D eigenvalue weighted by Gasteiger charge is 2.24. The number of esters is 1. The van der Waals surface area contributed by atoms with Gasteiger partial charge >= 0.3 is 5.97 Å². The number of hydrogen-bond donors (Lipinski definition) is 1. The van der Waals surface area contributed by atoms with Crippen LogP contribution in [0.2, 0.25) is 0 Å². The minimum atomic E-state index is -0.446. The lowest BCUT2D eigenvalue weighted by atomic mass is 10.1. The Morgan fingerprint density at radius 1 is 1.19 bits per heavy atom. The number of carbonyl (C=O) groups is 2. The second kappa shape index (κ2) is 7.84. The Hall–Kier alpha value is -2.80. The van der Waals surface area contributed by atoms with E-state index in [1.54, 1.807) is 19.1 Å². The molecule has 0 aliphatic rings. The molecule has 0 radical (unpaired) electrons. The van der Waals surface area contributed by atoms with Gasteiger partial charge in [-0.25, -0.2) is 4.79 Å². The Morgan fingerprint density at radius 3 is 2.67 bits per heavy atom. The Bertz CT molecular complexity index is 1000. The van der Waals surface area contributed by atoms with Crippen molar-refractivity contribution in [1.82, 2.24) is 0 Å². The van der Waals surface area contributed by atoms with E-state index < -0.39 is 11.9 Å². The van der Waals surface area contributed by atoms with Crippen molar-refractivity contribution in [1.29, 1.82) is 0 Å². The maximum atomic E-state index is 12.7. The van der Waals surface area contributed by atoms with Gasteiger partial charge in [-0.2, -0.15) is 0 Å². The average molecular weight is 387 g/mol. The van der Waals surface area contributed by atoms with E-state index in [2.05, 4.69) is 5.32 Å². The summed E-state index contributed by atoms with van der Waals surface area (Å²) in [6, 6.07) is 7.14. The summed E-state index contributed by atoms with van der Waals surface area (Å²) in [5.74, 6) is -0.141. The molecule has 6 nitrogen and oxygen atoms in total. The van der Waals surface area contributed by atoms with Crippen LogP contribution in [0.25, 0.3) is 11.0 Å². The fourth-order valence-corrected chi connectivity index (χ4v) is 3.79. The maximum absolute atomic E-state index is 12.7. The van der Waals surface area contributed by atoms with Crippen LogP contribution in [-0.2, 0) is 4.74 Å². The molecule has 3 rings (SSSR count). The van der Waals surface area contributed by atoms with Crippen LogP contribution in [-0.4, -0.2) is 25.1 Å². The Labute approximate surface area is 161 Å². The molecule has 1 aromatic carbocycles. The van der Waals surface area contributed by atoms with Crippen molar-refractivity contribution in [2.24, 2.45) is 0 Å². The number of hydrogen-bond acceptors (Lipinski definition) is 6. The number of carbonyl (C=O) groups excluding carboxylic acids is 2. The second-order valence-corrected chi connectivity index (χ2v) is 7.10. The van der Waals surface area contributed by atoms with Crippen LogP contribution in [0.15, 0.2) is 28.7 Å². The van der Waals surface area contributed by atoms with Gasteiger partial charge in [0.15, 0.2) is 17.1 Å². The van der Waals surface area contributed by atoms with Crippen LogP contribution in [0.1, 0.15) is 45.2 Å². The molecule has 1 N–H and O–H groups in total. The van der Waals surface area contributed by atoms with Gasteiger partial charge in [0.05, 0.1) is 18.8 Å². The molecule has 0 aliphatic carbocycles. The van der Waals surface area contributed by atoms with Crippen molar-refractivity contribution in [3.05, 3.63) is 46.0 Å². The monoisotopic (exact) mass is 387 g/mol. The third kappa shape index (κ3) is 3.68. The Morgan fingerprint density at radius 2 is 1.96 bits per heavy atom. The van der Waals surface area contributed by atoms with Crippen molar-refractivity contribution in [3.8, 4) is 5.75 Å². The zero-order valence-corrected chi connectivity index (χ0v) is 16.5. The first kappa shape index (κ1) is 19.0. The summed E-state index contributed by atoms with van der Waals surface area (Å²) >= 11 is 1.34. The number of amides is 1. The van der Waals surface area contributed by atoms with Gasteiger partial charge in [0, 0.05) is 10.3 Å². The third-order valence-electron chi connectivity index (χ3n) is 4.12. The van der Waals surface area contributed by atoms with Gasteiger partial charge in [0.25, 0.3) is 5.91 Å². The second-order valence-electron chi connectivity index (χ2n) is 5.88. The van der Waals surface area contributed by atoms with E-state index in [4.69, 9.17) is 13.9 Å². The molecule has 0 fully saturated rings. The molecule has 0 saturated heterocycles. The molecular formula is C20H21NO5S. The predicted molar refractivity (Wildman–Crippen MR) is 105 cm³/mol. The number of thiophene rings is 1. The van der Waals surface area contributed by atoms with E-state index in [9.17, 15) is 9.59 Å². The van der Waals surface area contributed by atoms with Crippen molar-refractivity contribution in [2.75, 3.05) is 18.5 Å². The maximum Gasteiger partial charge on any atom is 0.341 e. The lowest BCUT2D eigenvalue weighted by Gasteiger charge is -2.06. The largest absolute Gasteiger partial charge is 0.490 e. The van der Waals surface area contributed by atoms with Gasteiger partial charge in [0.2, 0.25) is 0 Å². The number of benzene rings is 1. The zero-order chi connectivity index (χ0) is 19.6. The van der Waals surface area contributed by atoms with Crippen LogP contribution in [0, 0.1) is 13.8 Å². The number of para-hydroxylation sites is 1. The summed E-state index contributed by atoms with van der Waals surface area (Å²) < 4.78 is 16.4. The normalized spacial score (nSPS) is 10.8. The molecule has 0 saturated carbocycles. The van der Waals surface area contributed by atoms with Crippen LogP contribution >= 0.6 is 11.3 Å². The number of nitrogens with one attached hydrogen (secondary N) is 1. The van der Waals surface area contributed by atoms with Gasteiger partial charge in [-0.3, -0.25) is 4.79 Å². The standard InChI is InChI=1S/C20H21NO5S/c1-5-24-14-9-7-8-13-10-15(26-17(13)14)18(22)21-19-16(20(23)25-6-2)11(3)12(4)27-19/h7-10H,5-6H2,1-4H3,(H,21,22). The third-order valence-corrected chi connectivity index (χ3v) is 5.25. The SMILES string of the molecule is CCOC(=O)c1c(NC(=O)c2cc3cccc(OCC)c3o2)sc(C)c1C. The van der Waals surface area contributed by atoms with E-state index in [1.165, 1.54) is 11.3 Å². The summed E-state index contributed by atoms with van der Waals surface area (Å²) in [5, 5.41) is 4.02. The van der Waals surface area contributed by atoms with E-state index in [-0.39, 0.29) is 12.4 Å². The van der Waals surface area contributed by atoms with Crippen LogP contribution in [0.3, 0.4) is 0 Å². The number of fused-ring (bicyclic) bond motifs is 1. The molecule has 0 bridgehead atoms. The predicted octanol–water partition coefficient (Wildman–Crippen LogP) is 4.94. The molecule has 0 aliphatic heterocycles. The highest BCUT2D eigenvalue weighted by atomic mass is 32.1. The van der Waals surface area contributed by atoms with E-state index >= 15 is 0 Å². The first-order chi connectivity index (χ1) is 13.0. The van der Waals surface area contributed by atoms with E-state index in [0.717, 1.165) is 15.8 Å². The summed E-state index contributed by atoms with van der Waals surface area (Å²) in [6.07, 6.45) is 0. The van der Waals surface area contributed by atoms with Gasteiger partial charge in [-0.05, 0) is 45.4 Å². The molecular weight excluding hydrogens is 366 g/mol. The first-order valence-corrected chi connectivity index (χ1v) is 9.51. The highest BCUT2D eigenvalue weighted by molar-refractivity contribution is 7.16. The average Bonchev–Trinajstić information content (AvgIpc) is 3.18. The quantitative estimate of drug-likeness (QED) is 0.606. The summed E-state index contributed by atoms with van der Waals surface area (Å²) in [7, 11) is 0. The number of ether oxygens (including phenoxy) is 2. The van der Waals surface area contributed by atoms with Crippen LogP contribution in [0.4, 0.5) is 5.00 Å². The van der Waals surface area contributed by atoms with Crippen molar-refractivity contribution >= 4 is 39.2 Å². The summed E-state index contributed by atoms with van der Waals surface area (Å²) in [5.41, 5.74) is 1.71. The van der Waals surface area contributed by atoms with Gasteiger partial charge in [0.1, 0.15) is 5.00 Å². The summed E-state index contributed by atoms with van der Waals surface area (Å²) in [4.78, 5) is 25.9. The molecule has 0 spiro atoms. The van der Waals surface area contributed by atoms with Crippen molar-refractivity contribution in [2.45, 2.75) is 27.7 Å².